The van der Waals surface area contributed by atoms with Crippen LogP contribution < -0.4 is 9.62 Å². The molecule has 8 nitrogen and oxygen atoms in total. The Hall–Kier alpha value is -4.09. The Labute approximate surface area is 257 Å². The first-order valence-electron chi connectivity index (χ1n) is 14.4. The first kappa shape index (κ1) is 34.4. The zero-order valence-corrected chi connectivity index (χ0v) is 26.5. The van der Waals surface area contributed by atoms with Crippen LogP contribution >= 0.6 is 0 Å². The van der Waals surface area contributed by atoms with E-state index in [1.165, 1.54) is 63.3 Å². The van der Waals surface area contributed by atoms with Crippen LogP contribution in [0.2, 0.25) is 0 Å². The smallest absolute Gasteiger partial charge is 0.255 e. The van der Waals surface area contributed by atoms with E-state index >= 15 is 0 Å². The highest BCUT2D eigenvalue weighted by Crippen LogP contribution is 2.41. The number of likely N-dealkylation sites (tertiary alicyclic amines) is 1. The highest BCUT2D eigenvalue weighted by Gasteiger charge is 2.27. The molecule has 0 spiro atoms. The Kier molecular flexibility index (Phi) is 12.2. The molecule has 1 amide bonds. The predicted octanol–water partition coefficient (Wildman–Crippen LogP) is 6.55. The van der Waals surface area contributed by atoms with Crippen molar-refractivity contribution in [3.63, 3.8) is 0 Å². The molecule has 3 aromatic carbocycles. The second-order valence-corrected chi connectivity index (χ2v) is 11.9. The lowest BCUT2D eigenvalue weighted by atomic mass is 9.97. The van der Waals surface area contributed by atoms with Crippen LogP contribution in [0.4, 0.5) is 14.5 Å². The van der Waals surface area contributed by atoms with E-state index in [9.17, 15) is 26.8 Å². The molecule has 5 rings (SSSR count). The van der Waals surface area contributed by atoms with E-state index in [0.29, 0.717) is 33.9 Å². The average Bonchev–Trinajstić information content (AvgIpc) is 3.66. The third kappa shape index (κ3) is 8.09. The van der Waals surface area contributed by atoms with E-state index < -0.39 is 35.0 Å². The molecule has 11 heteroatoms. The van der Waals surface area contributed by atoms with Crippen LogP contribution in [0.15, 0.2) is 65.1 Å². The summed E-state index contributed by atoms with van der Waals surface area (Å²) in [5, 5.41) is 2.92. The fourth-order valence-electron chi connectivity index (χ4n) is 4.92. The molecular formula is C33H39F2N3O5S. The van der Waals surface area contributed by atoms with Gasteiger partial charge in [-0.15, -0.1) is 0 Å². The number of hydrogen-bond donors (Lipinski definition) is 1. The van der Waals surface area contributed by atoms with E-state index in [0.717, 1.165) is 10.6 Å². The lowest BCUT2D eigenvalue weighted by Gasteiger charge is -2.24. The lowest BCUT2D eigenvalue weighted by Crippen LogP contribution is -2.32. The maximum Gasteiger partial charge on any atom is 0.255 e. The summed E-state index contributed by atoms with van der Waals surface area (Å²) in [7, 11) is -0.292. The molecule has 0 saturated carbocycles. The quantitative estimate of drug-likeness (QED) is 0.223. The van der Waals surface area contributed by atoms with Gasteiger partial charge in [-0.1, -0.05) is 32.0 Å². The highest BCUT2D eigenvalue weighted by atomic mass is 32.2. The number of hydrogen-bond acceptors (Lipinski definition) is 6. The number of nitrogens with zero attached hydrogens (tertiary/aromatic N) is 2. The standard InChI is InChI=1S/C26H22F2N2O5S.C5H11N.C2H6/c1-29-26(32)24-21-13-20(18-5-3-4-16(12-18)15-31)22(30(11-10-27)36(2,33)34)14-23(21)35-25(24)17-6-8-19(28)9-7-17;1-6-4-2-3-5-6;1-2/h3-9,12-15H,10-11H2,1-2H3,(H,29,32);2-5H2,1H3;1-2H3. The summed E-state index contributed by atoms with van der Waals surface area (Å²) in [6.45, 7) is 5.25. The second-order valence-electron chi connectivity index (χ2n) is 10.0. The number of halogens is 2. The van der Waals surface area contributed by atoms with Crippen molar-refractivity contribution in [1.82, 2.24) is 10.2 Å². The first-order chi connectivity index (χ1) is 21.1. The molecule has 1 fully saturated rings. The van der Waals surface area contributed by atoms with Crippen LogP contribution in [0.1, 0.15) is 47.4 Å². The highest BCUT2D eigenvalue weighted by molar-refractivity contribution is 7.92. The Morgan fingerprint density at radius 3 is 2.23 bits per heavy atom. The molecule has 1 saturated heterocycles. The van der Waals surface area contributed by atoms with Gasteiger partial charge in [-0.05, 0) is 74.9 Å². The third-order valence-electron chi connectivity index (χ3n) is 6.99. The number of carbonyl (C=O) groups excluding carboxylic acids is 2. The molecule has 236 valence electrons. The minimum Gasteiger partial charge on any atom is -0.455 e. The lowest BCUT2D eigenvalue weighted by molar-refractivity contribution is 0.0964. The van der Waals surface area contributed by atoms with Crippen molar-refractivity contribution in [2.45, 2.75) is 26.7 Å². The van der Waals surface area contributed by atoms with Crippen LogP contribution in [0.25, 0.3) is 33.4 Å². The summed E-state index contributed by atoms with van der Waals surface area (Å²) < 4.78 is 59.1. The second kappa shape index (κ2) is 15.6. The normalized spacial score (nSPS) is 13.0. The SMILES string of the molecule is CC.CN1CCCC1.CNC(=O)c1c(-c2ccc(F)cc2)oc2cc(N(CCF)S(C)(=O)=O)c(-c3cccc(C=O)c3)cc12. The van der Waals surface area contributed by atoms with Gasteiger partial charge in [-0.3, -0.25) is 13.9 Å². The van der Waals surface area contributed by atoms with Gasteiger partial charge in [-0.25, -0.2) is 17.2 Å². The Morgan fingerprint density at radius 1 is 1.05 bits per heavy atom. The van der Waals surface area contributed by atoms with E-state index in [-0.39, 0.29) is 22.6 Å². The Bertz CT molecular complexity index is 1680. The van der Waals surface area contributed by atoms with Gasteiger partial charge in [0.25, 0.3) is 5.91 Å². The van der Waals surface area contributed by atoms with Crippen molar-refractivity contribution in [3.05, 3.63) is 77.6 Å². The van der Waals surface area contributed by atoms with Gasteiger partial charge in [0.15, 0.2) is 0 Å². The number of benzene rings is 3. The summed E-state index contributed by atoms with van der Waals surface area (Å²) in [4.78, 5) is 26.7. The first-order valence-corrected chi connectivity index (χ1v) is 16.3. The number of alkyl halides is 1. The van der Waals surface area contributed by atoms with Crippen molar-refractivity contribution in [2.75, 3.05) is 51.0 Å². The van der Waals surface area contributed by atoms with Gasteiger partial charge in [-0.2, -0.15) is 0 Å². The van der Waals surface area contributed by atoms with Crippen LogP contribution in [-0.4, -0.2) is 72.2 Å². The van der Waals surface area contributed by atoms with E-state index in [1.54, 1.807) is 30.3 Å². The monoisotopic (exact) mass is 627 g/mol. The topological polar surface area (TPSA) is 99.9 Å². The fourth-order valence-corrected chi connectivity index (χ4v) is 5.83. The number of sulfonamides is 1. The van der Waals surface area contributed by atoms with E-state index in [4.69, 9.17) is 4.42 Å². The van der Waals surface area contributed by atoms with Crippen molar-refractivity contribution in [2.24, 2.45) is 0 Å². The fraction of sp³-hybridized carbons (Fsp3) is 0.333. The number of anilines is 1. The number of aldehydes is 1. The van der Waals surface area contributed by atoms with E-state index in [1.807, 2.05) is 13.8 Å². The third-order valence-corrected chi connectivity index (χ3v) is 8.17. The molecule has 1 aromatic heterocycles. The molecule has 0 bridgehead atoms. The average molecular weight is 628 g/mol. The van der Waals surface area contributed by atoms with Crippen molar-refractivity contribution >= 4 is 38.9 Å². The molecule has 1 aliphatic rings. The van der Waals surface area contributed by atoms with Gasteiger partial charge < -0.3 is 14.6 Å². The molecule has 0 radical (unpaired) electrons. The summed E-state index contributed by atoms with van der Waals surface area (Å²) in [5.41, 5.74) is 2.06. The Balaban J connectivity index is 0.000000582. The van der Waals surface area contributed by atoms with Gasteiger partial charge in [0.2, 0.25) is 10.0 Å². The molecule has 1 aliphatic heterocycles. The number of amides is 1. The predicted molar refractivity (Wildman–Crippen MR) is 172 cm³/mol. The molecule has 0 atom stereocenters. The number of furan rings is 1. The van der Waals surface area contributed by atoms with E-state index in [2.05, 4.69) is 17.3 Å². The van der Waals surface area contributed by atoms with Crippen LogP contribution in [0.3, 0.4) is 0 Å². The minimum absolute atomic E-state index is 0.119. The van der Waals surface area contributed by atoms with Crippen molar-refractivity contribution in [1.29, 1.82) is 0 Å². The summed E-state index contributed by atoms with van der Waals surface area (Å²) in [6, 6.07) is 14.8. The Morgan fingerprint density at radius 2 is 1.70 bits per heavy atom. The van der Waals surface area contributed by atoms with Gasteiger partial charge in [0, 0.05) is 35.2 Å². The number of fused-ring (bicyclic) bond motifs is 1. The maximum atomic E-state index is 13.5. The molecule has 4 aromatic rings. The molecule has 44 heavy (non-hydrogen) atoms. The van der Waals surface area contributed by atoms with Crippen LogP contribution in [0, 0.1) is 5.82 Å². The van der Waals surface area contributed by atoms with Gasteiger partial charge >= 0.3 is 0 Å². The zero-order valence-electron chi connectivity index (χ0n) is 25.7. The molecular weight excluding hydrogens is 588 g/mol. The van der Waals surface area contributed by atoms with Crippen molar-refractivity contribution in [3.8, 4) is 22.5 Å². The summed E-state index contributed by atoms with van der Waals surface area (Å²) in [6.07, 6.45) is 4.44. The summed E-state index contributed by atoms with van der Waals surface area (Å²) in [5.74, 6) is -0.784. The number of nitrogens with one attached hydrogen (secondary N) is 1. The largest absolute Gasteiger partial charge is 0.455 e. The molecule has 2 heterocycles. The van der Waals surface area contributed by atoms with Crippen LogP contribution in [0.5, 0.6) is 0 Å². The minimum atomic E-state index is -3.92. The number of rotatable bonds is 8. The summed E-state index contributed by atoms with van der Waals surface area (Å²) >= 11 is 0. The van der Waals surface area contributed by atoms with Crippen LogP contribution in [-0.2, 0) is 10.0 Å². The maximum absolute atomic E-state index is 13.5. The van der Waals surface area contributed by atoms with Gasteiger partial charge in [0.05, 0.1) is 24.1 Å². The molecule has 0 unspecified atom stereocenters. The number of carbonyl (C=O) groups is 2. The zero-order chi connectivity index (χ0) is 32.4. The molecule has 0 aliphatic carbocycles. The van der Waals surface area contributed by atoms with Crippen molar-refractivity contribution < 1.29 is 31.2 Å². The molecule has 1 N–H and O–H groups in total. The van der Waals surface area contributed by atoms with Gasteiger partial charge in [0.1, 0.15) is 30.1 Å².